The molecule has 0 spiro atoms. The van der Waals surface area contributed by atoms with Gasteiger partial charge in [-0.05, 0) is 18.8 Å². The van der Waals surface area contributed by atoms with E-state index in [1.165, 1.54) is 6.42 Å². The Labute approximate surface area is 221 Å². The summed E-state index contributed by atoms with van der Waals surface area (Å²) in [4.78, 5) is 83.9. The molecule has 12 nitrogen and oxygen atoms in total. The van der Waals surface area contributed by atoms with Gasteiger partial charge in [0.2, 0.25) is 23.6 Å². The van der Waals surface area contributed by atoms with Crippen molar-refractivity contribution in [3.8, 4) is 0 Å². The van der Waals surface area contributed by atoms with Crippen LogP contribution in [-0.4, -0.2) is 49.1 Å². The van der Waals surface area contributed by atoms with Crippen LogP contribution in [0.2, 0.25) is 0 Å². The zero-order valence-electron chi connectivity index (χ0n) is 23.2. The van der Waals surface area contributed by atoms with Gasteiger partial charge in [-0.1, -0.05) is 67.2 Å². The van der Waals surface area contributed by atoms with Gasteiger partial charge in [0.05, 0.1) is 0 Å². The number of carbonyl (C=O) groups excluding carboxylic acids is 4. The van der Waals surface area contributed by atoms with E-state index < -0.39 is 17.1 Å². The normalized spacial score (nSPS) is 26.3. The third-order valence-electron chi connectivity index (χ3n) is 7.89. The Balaban J connectivity index is 0.000000207. The van der Waals surface area contributed by atoms with Gasteiger partial charge >= 0.3 is 17.1 Å². The first kappa shape index (κ1) is 30.9. The van der Waals surface area contributed by atoms with Gasteiger partial charge < -0.3 is 0 Å². The molecule has 212 valence electrons. The Kier molecular flexibility index (Phi) is 11.0. The van der Waals surface area contributed by atoms with Gasteiger partial charge in [0.25, 0.3) is 0 Å². The quantitative estimate of drug-likeness (QED) is 0.485. The van der Waals surface area contributed by atoms with E-state index in [2.05, 4.69) is 5.32 Å². The van der Waals surface area contributed by atoms with Crippen molar-refractivity contribution in [3.63, 3.8) is 0 Å². The maximum Gasteiger partial charge on any atom is 0.333 e. The summed E-state index contributed by atoms with van der Waals surface area (Å²) in [7, 11) is 0. The second kappa shape index (κ2) is 13.5. The number of aromatic amines is 2. The standard InChI is InChI=1S/C12H19NO2.C8H13N3O3.C6H9NO2/c1-8-9(2)12(15)13(11(8)14)10-6-4-3-5-7-10;1-3-5(2)4-11-7(13)9-6(12)10-8(11)14;1-3-4(2)6(9)7-5(3)8/h8-10H,3-7H2,1-2H3;5H,3-4H2,1-2H3,(H2,9,10,12,13,14);3-4H,1-2H3,(H,7,8,9). The second-order valence-electron chi connectivity index (χ2n) is 10.7. The van der Waals surface area contributed by atoms with Crippen LogP contribution < -0.4 is 22.4 Å². The molecule has 5 atom stereocenters. The van der Waals surface area contributed by atoms with Crippen molar-refractivity contribution in [1.82, 2.24) is 24.8 Å². The molecule has 1 aliphatic carbocycles. The molecule has 4 rings (SSSR count). The van der Waals surface area contributed by atoms with Crippen molar-refractivity contribution in [2.75, 3.05) is 0 Å². The molecule has 3 N–H and O–H groups in total. The van der Waals surface area contributed by atoms with Crippen LogP contribution in [-0.2, 0) is 25.7 Å². The van der Waals surface area contributed by atoms with Crippen molar-refractivity contribution < 1.29 is 19.2 Å². The molecule has 4 amide bonds. The smallest absolute Gasteiger partial charge is 0.296 e. The van der Waals surface area contributed by atoms with Gasteiger partial charge in [0, 0.05) is 36.3 Å². The SMILES string of the molecule is CC1C(=O)N(C2CCCCC2)C(=O)C1C.CC1C(=O)NC(=O)C1C.CCC(C)Cn1c(=O)[nH]c(=O)[nH]c1=O. The predicted molar refractivity (Wildman–Crippen MR) is 140 cm³/mol. The number of amides is 4. The highest BCUT2D eigenvalue weighted by Gasteiger charge is 2.45. The summed E-state index contributed by atoms with van der Waals surface area (Å²) in [6.45, 7) is 11.5. The van der Waals surface area contributed by atoms with Gasteiger partial charge in [-0.3, -0.25) is 39.4 Å². The number of H-pyrrole nitrogens is 2. The number of rotatable bonds is 4. The molecule has 3 fully saturated rings. The highest BCUT2D eigenvalue weighted by molar-refractivity contribution is 6.05. The molecule has 0 radical (unpaired) electrons. The lowest BCUT2D eigenvalue weighted by molar-refractivity contribution is -0.143. The molecule has 38 heavy (non-hydrogen) atoms. The van der Waals surface area contributed by atoms with E-state index in [0.29, 0.717) is 6.54 Å². The molecule has 12 heteroatoms. The predicted octanol–water partition coefficient (Wildman–Crippen LogP) is 1.15. The molecule has 2 saturated heterocycles. The first-order chi connectivity index (χ1) is 17.8. The minimum Gasteiger partial charge on any atom is -0.296 e. The Morgan fingerprint density at radius 1 is 0.737 bits per heavy atom. The van der Waals surface area contributed by atoms with E-state index in [1.54, 1.807) is 18.7 Å². The number of nitrogens with zero attached hydrogens (tertiary/aromatic N) is 2. The topological polar surface area (TPSA) is 171 Å². The number of likely N-dealkylation sites (tertiary alicyclic amines) is 1. The lowest BCUT2D eigenvalue weighted by atomic mass is 9.94. The third-order valence-corrected chi connectivity index (χ3v) is 7.89. The molecule has 2 aliphatic heterocycles. The van der Waals surface area contributed by atoms with Gasteiger partial charge in [0.15, 0.2) is 0 Å². The number of carbonyl (C=O) groups is 4. The first-order valence-corrected chi connectivity index (χ1v) is 13.4. The van der Waals surface area contributed by atoms with Crippen molar-refractivity contribution in [2.24, 2.45) is 29.6 Å². The average molecular weight is 536 g/mol. The molecule has 3 heterocycles. The van der Waals surface area contributed by atoms with Crippen molar-refractivity contribution in [1.29, 1.82) is 0 Å². The zero-order chi connectivity index (χ0) is 28.7. The first-order valence-electron chi connectivity index (χ1n) is 13.4. The van der Waals surface area contributed by atoms with Crippen LogP contribution in [0.5, 0.6) is 0 Å². The average Bonchev–Trinajstić information content (AvgIpc) is 3.22. The minimum atomic E-state index is -0.764. The Morgan fingerprint density at radius 2 is 1.18 bits per heavy atom. The summed E-state index contributed by atoms with van der Waals surface area (Å²) in [5, 5.41) is 2.24. The third kappa shape index (κ3) is 7.38. The van der Waals surface area contributed by atoms with Crippen LogP contribution in [0.3, 0.4) is 0 Å². The summed E-state index contributed by atoms with van der Waals surface area (Å²) < 4.78 is 0.996. The number of nitrogens with one attached hydrogen (secondary N) is 3. The molecule has 1 saturated carbocycles. The molecule has 0 aromatic carbocycles. The fraction of sp³-hybridized carbons (Fsp3) is 0.731. The fourth-order valence-electron chi connectivity index (χ4n) is 4.54. The van der Waals surface area contributed by atoms with E-state index >= 15 is 0 Å². The lowest BCUT2D eigenvalue weighted by Crippen LogP contribution is -2.44. The highest BCUT2D eigenvalue weighted by Crippen LogP contribution is 2.32. The molecule has 5 unspecified atom stereocenters. The maximum absolute atomic E-state index is 11.9. The number of aromatic nitrogens is 3. The van der Waals surface area contributed by atoms with E-state index in [-0.39, 0.29) is 59.3 Å². The minimum absolute atomic E-state index is 0.0550. The Morgan fingerprint density at radius 3 is 1.55 bits per heavy atom. The molecule has 1 aromatic rings. The van der Waals surface area contributed by atoms with Crippen molar-refractivity contribution in [3.05, 3.63) is 31.5 Å². The largest absolute Gasteiger partial charge is 0.333 e. The summed E-state index contributed by atoms with van der Waals surface area (Å²) in [5.74, 6) is -0.465. The molecule has 3 aliphatic rings. The van der Waals surface area contributed by atoms with Gasteiger partial charge in [0.1, 0.15) is 0 Å². The van der Waals surface area contributed by atoms with Crippen LogP contribution in [0.25, 0.3) is 0 Å². The van der Waals surface area contributed by atoms with Crippen molar-refractivity contribution in [2.45, 2.75) is 92.7 Å². The monoisotopic (exact) mass is 535 g/mol. The van der Waals surface area contributed by atoms with Crippen LogP contribution >= 0.6 is 0 Å². The fourth-order valence-corrected chi connectivity index (χ4v) is 4.54. The van der Waals surface area contributed by atoms with E-state index in [1.807, 2.05) is 37.7 Å². The van der Waals surface area contributed by atoms with Gasteiger partial charge in [-0.25, -0.2) is 19.0 Å². The van der Waals surface area contributed by atoms with E-state index in [9.17, 15) is 33.6 Å². The number of hydrogen-bond donors (Lipinski definition) is 3. The van der Waals surface area contributed by atoms with E-state index in [0.717, 1.165) is 36.7 Å². The second-order valence-corrected chi connectivity index (χ2v) is 10.7. The number of imide groups is 2. The van der Waals surface area contributed by atoms with Crippen LogP contribution in [0.4, 0.5) is 0 Å². The van der Waals surface area contributed by atoms with Crippen molar-refractivity contribution >= 4 is 23.6 Å². The zero-order valence-corrected chi connectivity index (χ0v) is 23.2. The summed E-state index contributed by atoms with van der Waals surface area (Å²) in [6, 6.07) is 0.200. The van der Waals surface area contributed by atoms with Crippen LogP contribution in [0.15, 0.2) is 14.4 Å². The summed E-state index contributed by atoms with van der Waals surface area (Å²) in [5.41, 5.74) is -2.07. The van der Waals surface area contributed by atoms with Gasteiger partial charge in [-0.15, -0.1) is 0 Å². The van der Waals surface area contributed by atoms with Crippen LogP contribution in [0.1, 0.15) is 80.1 Å². The molecule has 0 bridgehead atoms. The molecular formula is C26H41N5O7. The van der Waals surface area contributed by atoms with Crippen LogP contribution in [0, 0.1) is 29.6 Å². The highest BCUT2D eigenvalue weighted by atomic mass is 16.2. The molecular weight excluding hydrogens is 494 g/mol. The number of hydrogen-bond acceptors (Lipinski definition) is 7. The Bertz CT molecular complexity index is 1120. The van der Waals surface area contributed by atoms with E-state index in [4.69, 9.17) is 0 Å². The Hall–Kier alpha value is -3.31. The molecule has 1 aromatic heterocycles. The summed E-state index contributed by atoms with van der Waals surface area (Å²) in [6.07, 6.45) is 6.45. The maximum atomic E-state index is 11.9. The van der Waals surface area contributed by atoms with Gasteiger partial charge in [-0.2, -0.15) is 0 Å². The summed E-state index contributed by atoms with van der Waals surface area (Å²) >= 11 is 0. The lowest BCUT2D eigenvalue weighted by Gasteiger charge is -2.29.